The quantitative estimate of drug-likeness (QED) is 0.885. The number of halogens is 2. The molecule has 0 aliphatic carbocycles. The fourth-order valence-electron chi connectivity index (χ4n) is 2.01. The first-order chi connectivity index (χ1) is 9.92. The highest BCUT2D eigenvalue weighted by molar-refractivity contribution is 9.10. The number of carbonyl (C=O) groups excluding carboxylic acids is 1. The fourth-order valence-corrected chi connectivity index (χ4v) is 2.56. The second-order valence-corrected chi connectivity index (χ2v) is 5.63. The van der Waals surface area contributed by atoms with E-state index in [1.807, 2.05) is 13.0 Å². The van der Waals surface area contributed by atoms with Crippen LogP contribution in [0.3, 0.4) is 0 Å². The number of carbonyl (C=O) groups is 1. The van der Waals surface area contributed by atoms with E-state index in [-0.39, 0.29) is 11.7 Å². The second-order valence-electron chi connectivity index (χ2n) is 4.72. The van der Waals surface area contributed by atoms with Gasteiger partial charge in [0, 0.05) is 10.0 Å². The van der Waals surface area contributed by atoms with Crippen LogP contribution in [0.5, 0.6) is 5.75 Å². The van der Waals surface area contributed by atoms with Gasteiger partial charge in [-0.25, -0.2) is 4.39 Å². The van der Waals surface area contributed by atoms with Gasteiger partial charge < -0.3 is 10.1 Å². The average Bonchev–Trinajstić information content (AvgIpc) is 2.44. The lowest BCUT2D eigenvalue weighted by molar-refractivity contribution is 0.102. The Morgan fingerprint density at radius 1 is 1.19 bits per heavy atom. The molecule has 3 nitrogen and oxygen atoms in total. The van der Waals surface area contributed by atoms with Gasteiger partial charge in [0.15, 0.2) is 0 Å². The number of amides is 1. The molecular formula is C16H15BrFNO2. The molecule has 110 valence electrons. The monoisotopic (exact) mass is 351 g/mol. The Morgan fingerprint density at radius 3 is 2.52 bits per heavy atom. The maximum absolute atomic E-state index is 13.3. The molecule has 2 aromatic carbocycles. The van der Waals surface area contributed by atoms with Gasteiger partial charge >= 0.3 is 0 Å². The summed E-state index contributed by atoms with van der Waals surface area (Å²) in [5.41, 5.74) is 2.31. The topological polar surface area (TPSA) is 38.3 Å². The normalized spacial score (nSPS) is 10.3. The molecule has 2 aromatic rings. The van der Waals surface area contributed by atoms with Crippen molar-refractivity contribution in [1.82, 2.24) is 0 Å². The van der Waals surface area contributed by atoms with Gasteiger partial charge in [0.05, 0.1) is 12.8 Å². The Labute approximate surface area is 131 Å². The lowest BCUT2D eigenvalue weighted by Gasteiger charge is -2.14. The first-order valence-corrected chi connectivity index (χ1v) is 7.13. The van der Waals surface area contributed by atoms with Gasteiger partial charge in [-0.15, -0.1) is 0 Å². The van der Waals surface area contributed by atoms with Gasteiger partial charge in [0.1, 0.15) is 11.6 Å². The van der Waals surface area contributed by atoms with E-state index in [1.54, 1.807) is 20.1 Å². The van der Waals surface area contributed by atoms with E-state index < -0.39 is 0 Å². The number of ether oxygens (including phenoxy) is 1. The number of methoxy groups -OCH3 is 1. The van der Waals surface area contributed by atoms with Crippen LogP contribution in [0.2, 0.25) is 0 Å². The molecule has 0 fully saturated rings. The maximum Gasteiger partial charge on any atom is 0.255 e. The van der Waals surface area contributed by atoms with Crippen LogP contribution >= 0.6 is 15.9 Å². The van der Waals surface area contributed by atoms with Crippen molar-refractivity contribution in [3.8, 4) is 5.75 Å². The van der Waals surface area contributed by atoms with Crippen molar-refractivity contribution < 1.29 is 13.9 Å². The minimum Gasteiger partial charge on any atom is -0.495 e. The zero-order chi connectivity index (χ0) is 15.6. The molecule has 0 radical (unpaired) electrons. The molecule has 0 atom stereocenters. The number of rotatable bonds is 3. The third-order valence-electron chi connectivity index (χ3n) is 3.14. The van der Waals surface area contributed by atoms with E-state index in [9.17, 15) is 9.18 Å². The Morgan fingerprint density at radius 2 is 1.90 bits per heavy atom. The molecule has 0 spiro atoms. The molecule has 0 saturated heterocycles. The van der Waals surface area contributed by atoms with Crippen molar-refractivity contribution in [3.63, 3.8) is 0 Å². The maximum atomic E-state index is 13.3. The summed E-state index contributed by atoms with van der Waals surface area (Å²) < 4.78 is 19.4. The highest BCUT2D eigenvalue weighted by atomic mass is 79.9. The molecule has 0 aliphatic rings. The van der Waals surface area contributed by atoms with Crippen molar-refractivity contribution in [1.29, 1.82) is 0 Å². The first kappa shape index (κ1) is 15.5. The minimum absolute atomic E-state index is 0.304. The zero-order valence-electron chi connectivity index (χ0n) is 12.0. The lowest BCUT2D eigenvalue weighted by atomic mass is 10.1. The number of nitrogens with one attached hydrogen (secondary N) is 1. The van der Waals surface area contributed by atoms with Gasteiger partial charge in [-0.05, 0) is 55.3 Å². The summed E-state index contributed by atoms with van der Waals surface area (Å²) in [6.07, 6.45) is 0. The predicted molar refractivity (Wildman–Crippen MR) is 84.5 cm³/mol. The Hall–Kier alpha value is -1.88. The molecular weight excluding hydrogens is 337 g/mol. The van der Waals surface area contributed by atoms with Crippen LogP contribution in [0.4, 0.5) is 10.1 Å². The predicted octanol–water partition coefficient (Wildman–Crippen LogP) is 4.47. The van der Waals surface area contributed by atoms with Gasteiger partial charge in [-0.1, -0.05) is 15.9 Å². The molecule has 1 amide bonds. The van der Waals surface area contributed by atoms with Crippen LogP contribution < -0.4 is 10.1 Å². The van der Waals surface area contributed by atoms with Crippen molar-refractivity contribution >= 4 is 27.5 Å². The Balaban J connectivity index is 2.33. The van der Waals surface area contributed by atoms with E-state index in [4.69, 9.17) is 4.74 Å². The summed E-state index contributed by atoms with van der Waals surface area (Å²) in [6.45, 7) is 3.50. The summed E-state index contributed by atoms with van der Waals surface area (Å²) in [6, 6.07) is 7.92. The fraction of sp³-hybridized carbons (Fsp3) is 0.188. The molecule has 0 aromatic heterocycles. The van der Waals surface area contributed by atoms with E-state index >= 15 is 0 Å². The minimum atomic E-state index is -0.330. The second kappa shape index (κ2) is 6.26. The molecule has 0 heterocycles. The summed E-state index contributed by atoms with van der Waals surface area (Å²) in [4.78, 5) is 12.3. The lowest BCUT2D eigenvalue weighted by Crippen LogP contribution is -2.14. The van der Waals surface area contributed by atoms with Gasteiger partial charge in [0.25, 0.3) is 5.91 Å². The first-order valence-electron chi connectivity index (χ1n) is 6.34. The van der Waals surface area contributed by atoms with Crippen molar-refractivity contribution in [2.75, 3.05) is 12.4 Å². The van der Waals surface area contributed by atoms with E-state index in [1.165, 1.54) is 18.2 Å². The van der Waals surface area contributed by atoms with Crippen LogP contribution in [-0.2, 0) is 0 Å². The molecule has 0 aliphatic heterocycles. The number of hydrogen-bond acceptors (Lipinski definition) is 2. The van der Waals surface area contributed by atoms with E-state index in [2.05, 4.69) is 21.2 Å². The number of anilines is 1. The smallest absolute Gasteiger partial charge is 0.255 e. The van der Waals surface area contributed by atoms with Crippen LogP contribution in [0, 0.1) is 19.7 Å². The van der Waals surface area contributed by atoms with Gasteiger partial charge in [0.2, 0.25) is 0 Å². The van der Waals surface area contributed by atoms with Gasteiger partial charge in [-0.2, -0.15) is 0 Å². The van der Waals surface area contributed by atoms with Crippen LogP contribution in [0.25, 0.3) is 0 Å². The number of hydrogen-bond donors (Lipinski definition) is 1. The van der Waals surface area contributed by atoms with Crippen LogP contribution in [0.15, 0.2) is 34.8 Å². The number of aryl methyl sites for hydroxylation is 2. The van der Waals surface area contributed by atoms with Gasteiger partial charge in [-0.3, -0.25) is 4.79 Å². The number of benzene rings is 2. The molecule has 0 bridgehead atoms. The highest BCUT2D eigenvalue weighted by Gasteiger charge is 2.14. The van der Waals surface area contributed by atoms with E-state index in [0.717, 1.165) is 10.0 Å². The molecule has 0 unspecified atom stereocenters. The highest BCUT2D eigenvalue weighted by Crippen LogP contribution is 2.32. The van der Waals surface area contributed by atoms with Crippen molar-refractivity contribution in [3.05, 3.63) is 57.3 Å². The summed E-state index contributed by atoms with van der Waals surface area (Å²) in [5.74, 6) is -0.0696. The van der Waals surface area contributed by atoms with Crippen molar-refractivity contribution in [2.24, 2.45) is 0 Å². The third kappa shape index (κ3) is 3.42. The largest absolute Gasteiger partial charge is 0.495 e. The van der Waals surface area contributed by atoms with Crippen LogP contribution in [0.1, 0.15) is 21.5 Å². The summed E-state index contributed by atoms with van der Waals surface area (Å²) in [7, 11) is 1.54. The molecule has 5 heteroatoms. The standard InChI is InChI=1S/C16H15BrFNO2/c1-9-6-11(4-5-13(9)18)16(20)19-15-10(2)7-12(17)8-14(15)21-3/h4-8H,1-3H3,(H,19,20). The van der Waals surface area contributed by atoms with Crippen LogP contribution in [-0.4, -0.2) is 13.0 Å². The molecule has 1 N–H and O–H groups in total. The molecule has 0 saturated carbocycles. The zero-order valence-corrected chi connectivity index (χ0v) is 13.5. The molecule has 2 rings (SSSR count). The Kier molecular flexibility index (Phi) is 4.63. The third-order valence-corrected chi connectivity index (χ3v) is 3.60. The van der Waals surface area contributed by atoms with E-state index in [0.29, 0.717) is 22.6 Å². The molecule has 21 heavy (non-hydrogen) atoms. The summed E-state index contributed by atoms with van der Waals surface area (Å²) >= 11 is 3.38. The summed E-state index contributed by atoms with van der Waals surface area (Å²) in [5, 5.41) is 2.81. The SMILES string of the molecule is COc1cc(Br)cc(C)c1NC(=O)c1ccc(F)c(C)c1. The van der Waals surface area contributed by atoms with Crippen molar-refractivity contribution in [2.45, 2.75) is 13.8 Å². The Bertz CT molecular complexity index is 701. The average molecular weight is 352 g/mol.